The largest absolute Gasteiger partial charge is 0.270 e. The van der Waals surface area contributed by atoms with Gasteiger partial charge in [-0.15, -0.1) is 0 Å². The third-order valence-corrected chi connectivity index (χ3v) is 2.29. The average molecular weight is 217 g/mol. The van der Waals surface area contributed by atoms with E-state index in [1.54, 1.807) is 12.1 Å². The van der Waals surface area contributed by atoms with Crippen LogP contribution in [-0.2, 0) is 0 Å². The normalized spacial score (nSPS) is 9.44. The summed E-state index contributed by atoms with van der Waals surface area (Å²) in [5.74, 6) is 0. The van der Waals surface area contributed by atoms with Crippen LogP contribution in [0.2, 0.25) is 0 Å². The van der Waals surface area contributed by atoms with Crippen molar-refractivity contribution in [3.8, 4) is 0 Å². The van der Waals surface area contributed by atoms with Crippen LogP contribution in [0, 0.1) is 17.0 Å². The van der Waals surface area contributed by atoms with E-state index in [0.717, 1.165) is 16.3 Å². The van der Waals surface area contributed by atoms with Crippen LogP contribution in [0.25, 0.3) is 10.8 Å². The van der Waals surface area contributed by atoms with E-state index in [2.05, 4.69) is 0 Å². The zero-order valence-electron chi connectivity index (χ0n) is 9.73. The fourth-order valence-corrected chi connectivity index (χ4v) is 1.53. The molecule has 0 atom stereocenters. The Morgan fingerprint density at radius 2 is 1.81 bits per heavy atom. The van der Waals surface area contributed by atoms with Gasteiger partial charge in [-0.2, -0.15) is 0 Å². The minimum Gasteiger partial charge on any atom is -0.258 e. The van der Waals surface area contributed by atoms with Crippen LogP contribution < -0.4 is 0 Å². The minimum atomic E-state index is -0.369. The fourth-order valence-electron chi connectivity index (χ4n) is 1.53. The standard InChI is InChI=1S/C11H9NO2.C2H6/c1-8-3-2-4-9-5-6-10(12(13)14)7-11(8)9;1-2/h2-7H,1H3;1-2H3. The van der Waals surface area contributed by atoms with E-state index in [0.29, 0.717) is 0 Å². The van der Waals surface area contributed by atoms with Crippen LogP contribution in [0.5, 0.6) is 0 Å². The Morgan fingerprint density at radius 3 is 2.44 bits per heavy atom. The Bertz CT molecular complexity index is 506. The van der Waals surface area contributed by atoms with Crippen molar-refractivity contribution in [3.63, 3.8) is 0 Å². The highest BCUT2D eigenvalue weighted by atomic mass is 16.6. The van der Waals surface area contributed by atoms with E-state index in [1.165, 1.54) is 6.07 Å². The molecular formula is C13H15NO2. The van der Waals surface area contributed by atoms with Gasteiger partial charge in [0.2, 0.25) is 0 Å². The number of nitrogens with zero attached hydrogens (tertiary/aromatic N) is 1. The van der Waals surface area contributed by atoms with Gasteiger partial charge in [-0.25, -0.2) is 0 Å². The fraction of sp³-hybridized carbons (Fsp3) is 0.231. The molecule has 2 aromatic carbocycles. The van der Waals surface area contributed by atoms with Crippen molar-refractivity contribution >= 4 is 16.5 Å². The molecule has 3 heteroatoms. The van der Waals surface area contributed by atoms with Gasteiger partial charge in [-0.1, -0.05) is 32.0 Å². The van der Waals surface area contributed by atoms with Crippen molar-refractivity contribution in [2.24, 2.45) is 0 Å². The molecule has 0 bridgehead atoms. The molecule has 84 valence electrons. The number of benzene rings is 2. The van der Waals surface area contributed by atoms with Crippen molar-refractivity contribution in [2.45, 2.75) is 20.8 Å². The summed E-state index contributed by atoms with van der Waals surface area (Å²) in [5, 5.41) is 12.5. The second-order valence-corrected chi connectivity index (χ2v) is 3.24. The lowest BCUT2D eigenvalue weighted by atomic mass is 10.1. The number of hydrogen-bond donors (Lipinski definition) is 0. The van der Waals surface area contributed by atoms with E-state index in [9.17, 15) is 10.1 Å². The van der Waals surface area contributed by atoms with E-state index in [1.807, 2.05) is 39.0 Å². The minimum absolute atomic E-state index is 0.145. The van der Waals surface area contributed by atoms with E-state index in [-0.39, 0.29) is 10.6 Å². The smallest absolute Gasteiger partial charge is 0.258 e. The van der Waals surface area contributed by atoms with Crippen LogP contribution in [-0.4, -0.2) is 4.92 Å². The first-order valence-corrected chi connectivity index (χ1v) is 5.32. The maximum atomic E-state index is 10.6. The number of rotatable bonds is 1. The van der Waals surface area contributed by atoms with Crippen molar-refractivity contribution in [1.82, 2.24) is 0 Å². The molecule has 2 rings (SSSR count). The van der Waals surface area contributed by atoms with Gasteiger partial charge in [0.25, 0.3) is 5.69 Å². The predicted octanol–water partition coefficient (Wildman–Crippen LogP) is 4.08. The number of nitro benzene ring substituents is 1. The highest BCUT2D eigenvalue weighted by Gasteiger charge is 2.06. The molecule has 0 N–H and O–H groups in total. The Labute approximate surface area is 94.9 Å². The third-order valence-electron chi connectivity index (χ3n) is 2.29. The van der Waals surface area contributed by atoms with Crippen molar-refractivity contribution < 1.29 is 4.92 Å². The van der Waals surface area contributed by atoms with Crippen LogP contribution in [0.15, 0.2) is 36.4 Å². The van der Waals surface area contributed by atoms with Gasteiger partial charge in [0.05, 0.1) is 4.92 Å². The molecule has 0 saturated heterocycles. The molecule has 0 amide bonds. The molecule has 2 aromatic rings. The van der Waals surface area contributed by atoms with Gasteiger partial charge in [0.15, 0.2) is 0 Å². The average Bonchev–Trinajstić information content (AvgIpc) is 2.32. The van der Waals surface area contributed by atoms with E-state index in [4.69, 9.17) is 0 Å². The molecule has 0 aromatic heterocycles. The second kappa shape index (κ2) is 5.26. The number of aryl methyl sites for hydroxylation is 1. The molecule has 3 nitrogen and oxygen atoms in total. The SMILES string of the molecule is CC.Cc1cccc2ccc([N+](=O)[O-])cc12. The second-order valence-electron chi connectivity index (χ2n) is 3.24. The van der Waals surface area contributed by atoms with Gasteiger partial charge in [-0.3, -0.25) is 10.1 Å². The molecule has 0 aliphatic heterocycles. The summed E-state index contributed by atoms with van der Waals surface area (Å²) < 4.78 is 0. The number of fused-ring (bicyclic) bond motifs is 1. The zero-order valence-corrected chi connectivity index (χ0v) is 9.73. The topological polar surface area (TPSA) is 43.1 Å². The first-order valence-electron chi connectivity index (χ1n) is 5.32. The van der Waals surface area contributed by atoms with Gasteiger partial charge in [0.1, 0.15) is 0 Å². The van der Waals surface area contributed by atoms with Crippen LogP contribution in [0.1, 0.15) is 19.4 Å². The Morgan fingerprint density at radius 1 is 1.12 bits per heavy atom. The summed E-state index contributed by atoms with van der Waals surface area (Å²) in [6.45, 7) is 5.95. The summed E-state index contributed by atoms with van der Waals surface area (Å²) in [7, 11) is 0. The number of nitro groups is 1. The summed E-state index contributed by atoms with van der Waals surface area (Å²) in [6, 6.07) is 10.8. The molecule has 16 heavy (non-hydrogen) atoms. The molecule has 0 fully saturated rings. The molecular weight excluding hydrogens is 202 g/mol. The van der Waals surface area contributed by atoms with Crippen molar-refractivity contribution in [2.75, 3.05) is 0 Å². The van der Waals surface area contributed by atoms with E-state index >= 15 is 0 Å². The summed E-state index contributed by atoms with van der Waals surface area (Å²) >= 11 is 0. The van der Waals surface area contributed by atoms with Crippen molar-refractivity contribution in [1.29, 1.82) is 0 Å². The first-order chi connectivity index (χ1) is 7.68. The van der Waals surface area contributed by atoms with Crippen LogP contribution in [0.3, 0.4) is 0 Å². The number of hydrogen-bond acceptors (Lipinski definition) is 2. The third kappa shape index (κ3) is 2.37. The molecule has 0 aliphatic carbocycles. The molecule has 0 spiro atoms. The molecule has 0 heterocycles. The summed E-state index contributed by atoms with van der Waals surface area (Å²) in [6.07, 6.45) is 0. The molecule has 0 unspecified atom stereocenters. The molecule has 0 aliphatic rings. The van der Waals surface area contributed by atoms with Crippen LogP contribution >= 0.6 is 0 Å². The monoisotopic (exact) mass is 217 g/mol. The first kappa shape index (κ1) is 12.2. The molecule has 0 radical (unpaired) electrons. The Kier molecular flexibility index (Phi) is 4.00. The van der Waals surface area contributed by atoms with Gasteiger partial charge < -0.3 is 0 Å². The maximum absolute atomic E-state index is 10.6. The Balaban J connectivity index is 0.000000606. The van der Waals surface area contributed by atoms with Gasteiger partial charge in [0, 0.05) is 12.1 Å². The zero-order chi connectivity index (χ0) is 12.1. The Hall–Kier alpha value is -1.90. The van der Waals surface area contributed by atoms with Crippen molar-refractivity contribution in [3.05, 3.63) is 52.1 Å². The number of non-ortho nitro benzene ring substituents is 1. The van der Waals surface area contributed by atoms with Gasteiger partial charge in [-0.05, 0) is 29.3 Å². The predicted molar refractivity (Wildman–Crippen MR) is 66.7 cm³/mol. The lowest BCUT2D eigenvalue weighted by molar-refractivity contribution is -0.384. The lowest BCUT2D eigenvalue weighted by Gasteiger charge is -2.00. The summed E-state index contributed by atoms with van der Waals surface area (Å²) in [4.78, 5) is 10.2. The quantitative estimate of drug-likeness (QED) is 0.533. The summed E-state index contributed by atoms with van der Waals surface area (Å²) in [5.41, 5.74) is 1.21. The lowest BCUT2D eigenvalue weighted by Crippen LogP contribution is -1.87. The highest BCUT2D eigenvalue weighted by molar-refractivity contribution is 5.87. The maximum Gasteiger partial charge on any atom is 0.270 e. The molecule has 0 saturated carbocycles. The van der Waals surface area contributed by atoms with Crippen LogP contribution in [0.4, 0.5) is 5.69 Å². The highest BCUT2D eigenvalue weighted by Crippen LogP contribution is 2.23. The van der Waals surface area contributed by atoms with E-state index < -0.39 is 0 Å². The van der Waals surface area contributed by atoms with Gasteiger partial charge >= 0.3 is 0 Å².